The smallest absolute Gasteiger partial charge is 0.0947 e. The first-order chi connectivity index (χ1) is 8.25. The summed E-state index contributed by atoms with van der Waals surface area (Å²) in [6, 6.07) is 2.00. The molecule has 0 amide bonds. The lowest BCUT2D eigenvalue weighted by Gasteiger charge is -2.26. The van der Waals surface area contributed by atoms with E-state index in [9.17, 15) is 5.11 Å². The number of aliphatic hydroxyl groups excluding tert-OH is 1. The van der Waals surface area contributed by atoms with Crippen molar-refractivity contribution in [2.75, 3.05) is 13.6 Å². The van der Waals surface area contributed by atoms with Gasteiger partial charge in [0.05, 0.1) is 18.6 Å². The average molecular weight is 237 g/mol. The van der Waals surface area contributed by atoms with Gasteiger partial charge in [-0.15, -0.1) is 0 Å². The van der Waals surface area contributed by atoms with Crippen LogP contribution in [-0.2, 0) is 6.54 Å². The van der Waals surface area contributed by atoms with Crippen molar-refractivity contribution in [3.63, 3.8) is 0 Å². The largest absolute Gasteiger partial charge is 0.472 e. The zero-order valence-corrected chi connectivity index (χ0v) is 10.6. The molecule has 1 aliphatic rings. The second-order valence-electron chi connectivity index (χ2n) is 5.29. The van der Waals surface area contributed by atoms with Crippen molar-refractivity contribution in [2.24, 2.45) is 5.92 Å². The molecular formula is C14H23NO2. The Morgan fingerprint density at radius 1 is 1.35 bits per heavy atom. The van der Waals surface area contributed by atoms with E-state index in [-0.39, 0.29) is 6.10 Å². The van der Waals surface area contributed by atoms with E-state index in [0.717, 1.165) is 25.9 Å². The zero-order chi connectivity index (χ0) is 12.1. The molecule has 96 valence electrons. The van der Waals surface area contributed by atoms with Crippen LogP contribution < -0.4 is 0 Å². The third-order valence-corrected chi connectivity index (χ3v) is 3.70. The lowest BCUT2D eigenvalue weighted by atomic mass is 9.97. The Kier molecular flexibility index (Phi) is 4.63. The van der Waals surface area contributed by atoms with E-state index in [0.29, 0.717) is 5.92 Å². The molecule has 0 saturated heterocycles. The van der Waals surface area contributed by atoms with Gasteiger partial charge in [0.1, 0.15) is 0 Å². The van der Waals surface area contributed by atoms with Gasteiger partial charge < -0.3 is 14.4 Å². The van der Waals surface area contributed by atoms with Crippen molar-refractivity contribution in [1.82, 2.24) is 4.90 Å². The maximum absolute atomic E-state index is 10.1. The summed E-state index contributed by atoms with van der Waals surface area (Å²) in [6.45, 7) is 1.88. The zero-order valence-electron chi connectivity index (χ0n) is 10.6. The van der Waals surface area contributed by atoms with E-state index in [1.807, 2.05) is 6.07 Å². The summed E-state index contributed by atoms with van der Waals surface area (Å²) in [5, 5.41) is 10.1. The Morgan fingerprint density at radius 3 is 2.94 bits per heavy atom. The molecule has 0 aliphatic heterocycles. The fraction of sp³-hybridized carbons (Fsp3) is 0.714. The molecule has 1 aromatic heterocycles. The van der Waals surface area contributed by atoms with Gasteiger partial charge in [-0.05, 0) is 31.9 Å². The van der Waals surface area contributed by atoms with E-state index in [1.165, 1.54) is 24.8 Å². The van der Waals surface area contributed by atoms with Crippen LogP contribution in [0.25, 0.3) is 0 Å². The maximum atomic E-state index is 10.1. The highest BCUT2D eigenvalue weighted by molar-refractivity contribution is 5.04. The molecule has 1 heterocycles. The van der Waals surface area contributed by atoms with Gasteiger partial charge in [0, 0.05) is 18.7 Å². The Morgan fingerprint density at radius 2 is 2.18 bits per heavy atom. The van der Waals surface area contributed by atoms with Crippen LogP contribution in [0.5, 0.6) is 0 Å². The highest BCUT2D eigenvalue weighted by Gasteiger charge is 2.22. The first kappa shape index (κ1) is 12.7. The number of furan rings is 1. The van der Waals surface area contributed by atoms with Crippen molar-refractivity contribution in [3.05, 3.63) is 24.2 Å². The second-order valence-corrected chi connectivity index (χ2v) is 5.29. The lowest BCUT2D eigenvalue weighted by molar-refractivity contribution is 0.0780. The monoisotopic (exact) mass is 237 g/mol. The van der Waals surface area contributed by atoms with Crippen LogP contribution in [0.2, 0.25) is 0 Å². The van der Waals surface area contributed by atoms with E-state index in [1.54, 1.807) is 12.5 Å². The second kappa shape index (κ2) is 6.22. The highest BCUT2D eigenvalue weighted by Crippen LogP contribution is 2.24. The van der Waals surface area contributed by atoms with Crippen molar-refractivity contribution >= 4 is 0 Å². The van der Waals surface area contributed by atoms with Crippen LogP contribution in [0.3, 0.4) is 0 Å². The number of rotatable bonds is 4. The molecule has 1 fully saturated rings. The summed E-state index contributed by atoms with van der Waals surface area (Å²) in [6.07, 6.45) is 9.26. The van der Waals surface area contributed by atoms with Crippen LogP contribution in [0, 0.1) is 5.92 Å². The van der Waals surface area contributed by atoms with E-state index in [4.69, 9.17) is 4.42 Å². The molecule has 0 radical (unpaired) electrons. The van der Waals surface area contributed by atoms with Gasteiger partial charge in [0.15, 0.2) is 0 Å². The molecule has 0 aromatic carbocycles. The van der Waals surface area contributed by atoms with Crippen molar-refractivity contribution in [1.29, 1.82) is 0 Å². The fourth-order valence-corrected chi connectivity index (χ4v) is 2.74. The predicted octanol–water partition coefficient (Wildman–Crippen LogP) is 2.65. The third kappa shape index (κ3) is 3.86. The molecule has 1 aromatic rings. The van der Waals surface area contributed by atoms with Gasteiger partial charge in [-0.25, -0.2) is 0 Å². The fourth-order valence-electron chi connectivity index (χ4n) is 2.74. The van der Waals surface area contributed by atoms with Crippen molar-refractivity contribution in [3.8, 4) is 0 Å². The molecule has 0 bridgehead atoms. The normalized spacial score (nSPS) is 26.1. The summed E-state index contributed by atoms with van der Waals surface area (Å²) in [5.41, 5.74) is 1.20. The highest BCUT2D eigenvalue weighted by atomic mass is 16.3. The Balaban J connectivity index is 1.82. The molecule has 0 spiro atoms. The molecule has 1 aliphatic carbocycles. The Hall–Kier alpha value is -0.800. The first-order valence-corrected chi connectivity index (χ1v) is 6.63. The standard InChI is InChI=1S/C14H23NO2/c1-15(9-12-7-8-17-11-12)10-13-5-3-2-4-6-14(13)16/h7-8,11,13-14,16H,2-6,9-10H2,1H3. The average Bonchev–Trinajstić information content (AvgIpc) is 2.71. The minimum atomic E-state index is -0.107. The van der Waals surface area contributed by atoms with Gasteiger partial charge in [0.25, 0.3) is 0 Å². The SMILES string of the molecule is CN(Cc1ccoc1)CC1CCCCCC1O. The Labute approximate surface area is 103 Å². The molecule has 2 unspecified atom stereocenters. The number of aliphatic hydroxyl groups is 1. The summed E-state index contributed by atoms with van der Waals surface area (Å²) in [5.74, 6) is 0.439. The summed E-state index contributed by atoms with van der Waals surface area (Å²) < 4.78 is 5.07. The molecular weight excluding hydrogens is 214 g/mol. The quantitative estimate of drug-likeness (QED) is 0.818. The first-order valence-electron chi connectivity index (χ1n) is 6.63. The summed E-state index contributed by atoms with van der Waals surface area (Å²) in [7, 11) is 2.12. The minimum absolute atomic E-state index is 0.107. The van der Waals surface area contributed by atoms with Gasteiger partial charge in [-0.1, -0.05) is 19.3 Å². The van der Waals surface area contributed by atoms with Gasteiger partial charge >= 0.3 is 0 Å². The molecule has 3 nitrogen and oxygen atoms in total. The van der Waals surface area contributed by atoms with Crippen molar-refractivity contribution in [2.45, 2.75) is 44.8 Å². The van der Waals surface area contributed by atoms with E-state index in [2.05, 4.69) is 11.9 Å². The molecule has 17 heavy (non-hydrogen) atoms. The minimum Gasteiger partial charge on any atom is -0.472 e. The van der Waals surface area contributed by atoms with E-state index >= 15 is 0 Å². The van der Waals surface area contributed by atoms with Gasteiger partial charge in [0.2, 0.25) is 0 Å². The van der Waals surface area contributed by atoms with Gasteiger partial charge in [-0.3, -0.25) is 0 Å². The number of hydrogen-bond acceptors (Lipinski definition) is 3. The van der Waals surface area contributed by atoms with E-state index < -0.39 is 0 Å². The van der Waals surface area contributed by atoms with Crippen molar-refractivity contribution < 1.29 is 9.52 Å². The molecule has 2 rings (SSSR count). The predicted molar refractivity (Wildman–Crippen MR) is 67.6 cm³/mol. The van der Waals surface area contributed by atoms with Crippen LogP contribution in [0.1, 0.15) is 37.7 Å². The number of hydrogen-bond donors (Lipinski definition) is 1. The molecule has 1 saturated carbocycles. The molecule has 2 atom stereocenters. The summed E-state index contributed by atoms with van der Waals surface area (Å²) in [4.78, 5) is 2.28. The van der Waals surface area contributed by atoms with Crippen LogP contribution >= 0.6 is 0 Å². The van der Waals surface area contributed by atoms with Crippen LogP contribution in [-0.4, -0.2) is 29.7 Å². The Bertz CT molecular complexity index is 310. The molecule has 1 N–H and O–H groups in total. The van der Waals surface area contributed by atoms with Crippen LogP contribution in [0.4, 0.5) is 0 Å². The maximum Gasteiger partial charge on any atom is 0.0947 e. The molecule has 3 heteroatoms. The lowest BCUT2D eigenvalue weighted by Crippen LogP contribution is -2.32. The van der Waals surface area contributed by atoms with Crippen LogP contribution in [0.15, 0.2) is 23.0 Å². The topological polar surface area (TPSA) is 36.6 Å². The van der Waals surface area contributed by atoms with Gasteiger partial charge in [-0.2, -0.15) is 0 Å². The third-order valence-electron chi connectivity index (χ3n) is 3.70. The number of nitrogens with zero attached hydrogens (tertiary/aromatic N) is 1. The summed E-state index contributed by atoms with van der Waals surface area (Å²) >= 11 is 0.